The van der Waals surface area contributed by atoms with Gasteiger partial charge in [0, 0.05) is 19.2 Å². The first kappa shape index (κ1) is 17.8. The number of carbonyl (C=O) groups is 2. The first-order chi connectivity index (χ1) is 12.3. The molecule has 1 aliphatic heterocycles. The second-order valence-electron chi connectivity index (χ2n) is 6.64. The monoisotopic (exact) mass is 359 g/mol. The largest absolute Gasteiger partial charge is 0.481 e. The molecule has 1 unspecified atom stereocenters. The maximum absolute atomic E-state index is 13.1. The van der Waals surface area contributed by atoms with Crippen LogP contribution in [0.25, 0.3) is 5.69 Å². The summed E-state index contributed by atoms with van der Waals surface area (Å²) in [6, 6.07) is 7.70. The Labute approximate surface area is 148 Å². The SMILES string of the molecule is CC1(C(=O)O)CCCN(C(=O)c2ccc(=O)n(-c3ccc(F)cc3)n2)C1. The number of rotatable bonds is 3. The van der Waals surface area contributed by atoms with E-state index < -0.39 is 28.7 Å². The predicted molar refractivity (Wildman–Crippen MR) is 90.7 cm³/mol. The number of halogens is 1. The van der Waals surface area contributed by atoms with Crippen molar-refractivity contribution in [3.8, 4) is 5.69 Å². The summed E-state index contributed by atoms with van der Waals surface area (Å²) in [5, 5.41) is 13.5. The smallest absolute Gasteiger partial charge is 0.311 e. The molecule has 1 N–H and O–H groups in total. The third-order valence-electron chi connectivity index (χ3n) is 4.59. The van der Waals surface area contributed by atoms with Gasteiger partial charge in [-0.15, -0.1) is 0 Å². The van der Waals surface area contributed by atoms with Crippen LogP contribution < -0.4 is 5.56 Å². The van der Waals surface area contributed by atoms with Gasteiger partial charge < -0.3 is 10.0 Å². The molecule has 8 heteroatoms. The second-order valence-corrected chi connectivity index (χ2v) is 6.64. The van der Waals surface area contributed by atoms with Gasteiger partial charge in [0.2, 0.25) is 0 Å². The summed E-state index contributed by atoms with van der Waals surface area (Å²) in [5.41, 5.74) is -1.09. The van der Waals surface area contributed by atoms with Gasteiger partial charge in [0.05, 0.1) is 11.1 Å². The number of hydrogen-bond acceptors (Lipinski definition) is 4. The Balaban J connectivity index is 1.91. The molecule has 1 saturated heterocycles. The molecule has 7 nitrogen and oxygen atoms in total. The highest BCUT2D eigenvalue weighted by Crippen LogP contribution is 2.30. The van der Waals surface area contributed by atoms with E-state index in [0.717, 1.165) is 4.68 Å². The summed E-state index contributed by atoms with van der Waals surface area (Å²) < 4.78 is 14.1. The summed E-state index contributed by atoms with van der Waals surface area (Å²) in [6.45, 7) is 2.12. The number of aliphatic carboxylic acids is 1. The number of piperidine rings is 1. The minimum atomic E-state index is -1.00. The van der Waals surface area contributed by atoms with Crippen molar-refractivity contribution in [1.29, 1.82) is 0 Å². The molecule has 1 aromatic heterocycles. The van der Waals surface area contributed by atoms with E-state index in [1.165, 1.54) is 41.3 Å². The molecule has 1 aromatic carbocycles. The Morgan fingerprint density at radius 1 is 1.19 bits per heavy atom. The zero-order valence-electron chi connectivity index (χ0n) is 14.2. The lowest BCUT2D eigenvalue weighted by atomic mass is 9.82. The van der Waals surface area contributed by atoms with Gasteiger partial charge in [-0.1, -0.05) is 0 Å². The van der Waals surface area contributed by atoms with Crippen LogP contribution in [-0.4, -0.2) is 44.8 Å². The molecule has 0 bridgehead atoms. The van der Waals surface area contributed by atoms with Gasteiger partial charge >= 0.3 is 5.97 Å². The number of amides is 1. The molecule has 0 aliphatic carbocycles. The van der Waals surface area contributed by atoms with Crippen LogP contribution in [0.1, 0.15) is 30.3 Å². The van der Waals surface area contributed by atoms with Crippen LogP contribution in [0.2, 0.25) is 0 Å². The van der Waals surface area contributed by atoms with E-state index in [-0.39, 0.29) is 12.2 Å². The van der Waals surface area contributed by atoms with Crippen LogP contribution in [0.4, 0.5) is 4.39 Å². The number of carboxylic acids is 1. The topological polar surface area (TPSA) is 92.5 Å². The van der Waals surface area contributed by atoms with Crippen LogP contribution in [0, 0.1) is 11.2 Å². The summed E-state index contributed by atoms with van der Waals surface area (Å²) in [6.07, 6.45) is 1.07. The molecule has 1 fully saturated rings. The highest BCUT2D eigenvalue weighted by Gasteiger charge is 2.39. The molecule has 2 aromatic rings. The van der Waals surface area contributed by atoms with Crippen molar-refractivity contribution in [3.63, 3.8) is 0 Å². The zero-order chi connectivity index (χ0) is 18.9. The Bertz CT molecular complexity index is 909. The van der Waals surface area contributed by atoms with E-state index in [4.69, 9.17) is 0 Å². The van der Waals surface area contributed by atoms with Crippen LogP contribution in [0.5, 0.6) is 0 Å². The van der Waals surface area contributed by atoms with Crippen molar-refractivity contribution in [1.82, 2.24) is 14.7 Å². The third-order valence-corrected chi connectivity index (χ3v) is 4.59. The Kier molecular flexibility index (Phi) is 4.58. The molecule has 136 valence electrons. The van der Waals surface area contributed by atoms with Crippen LogP contribution in [0.15, 0.2) is 41.2 Å². The normalized spacial score (nSPS) is 20.0. The summed E-state index contributed by atoms with van der Waals surface area (Å²) in [4.78, 5) is 37.7. The van der Waals surface area contributed by atoms with Crippen LogP contribution >= 0.6 is 0 Å². The molecular formula is C18H18FN3O4. The van der Waals surface area contributed by atoms with Crippen LogP contribution in [0.3, 0.4) is 0 Å². The molecule has 3 rings (SSSR count). The van der Waals surface area contributed by atoms with Gasteiger partial charge in [0.25, 0.3) is 11.5 Å². The zero-order valence-corrected chi connectivity index (χ0v) is 14.2. The van der Waals surface area contributed by atoms with Crippen molar-refractivity contribution in [2.24, 2.45) is 5.41 Å². The minimum absolute atomic E-state index is 0.0311. The highest BCUT2D eigenvalue weighted by molar-refractivity contribution is 5.92. The van der Waals surface area contributed by atoms with E-state index in [9.17, 15) is 23.9 Å². The lowest BCUT2D eigenvalue weighted by Gasteiger charge is -2.37. The van der Waals surface area contributed by atoms with Gasteiger partial charge in [-0.05, 0) is 50.1 Å². The molecular weight excluding hydrogens is 341 g/mol. The van der Waals surface area contributed by atoms with Crippen molar-refractivity contribution in [3.05, 3.63) is 58.3 Å². The van der Waals surface area contributed by atoms with Gasteiger partial charge in [-0.25, -0.2) is 4.39 Å². The predicted octanol–water partition coefficient (Wildman–Crippen LogP) is 1.70. The van der Waals surface area contributed by atoms with Crippen LogP contribution in [-0.2, 0) is 4.79 Å². The van der Waals surface area contributed by atoms with Gasteiger partial charge in [-0.2, -0.15) is 9.78 Å². The fourth-order valence-electron chi connectivity index (χ4n) is 3.04. The number of aromatic nitrogens is 2. The highest BCUT2D eigenvalue weighted by atomic mass is 19.1. The molecule has 1 aliphatic rings. The van der Waals surface area contributed by atoms with Crippen molar-refractivity contribution in [2.45, 2.75) is 19.8 Å². The van der Waals surface area contributed by atoms with Gasteiger partial charge in [-0.3, -0.25) is 14.4 Å². The number of likely N-dealkylation sites (tertiary alicyclic amines) is 1. The van der Waals surface area contributed by atoms with Crippen molar-refractivity contribution >= 4 is 11.9 Å². The lowest BCUT2D eigenvalue weighted by molar-refractivity contribution is -0.150. The average Bonchev–Trinajstić information content (AvgIpc) is 2.62. The summed E-state index contributed by atoms with van der Waals surface area (Å²) >= 11 is 0. The number of benzene rings is 1. The molecule has 1 amide bonds. The van der Waals surface area contributed by atoms with Crippen molar-refractivity contribution < 1.29 is 19.1 Å². The van der Waals surface area contributed by atoms with E-state index in [2.05, 4.69) is 5.10 Å². The van der Waals surface area contributed by atoms with E-state index in [1.54, 1.807) is 6.92 Å². The van der Waals surface area contributed by atoms with E-state index in [1.807, 2.05) is 0 Å². The second kappa shape index (κ2) is 6.70. The summed E-state index contributed by atoms with van der Waals surface area (Å²) in [5.74, 6) is -1.83. The number of carbonyl (C=O) groups excluding carboxylic acids is 1. The third kappa shape index (κ3) is 3.35. The Morgan fingerprint density at radius 3 is 2.54 bits per heavy atom. The summed E-state index contributed by atoms with van der Waals surface area (Å²) in [7, 11) is 0. The number of hydrogen-bond donors (Lipinski definition) is 1. The molecule has 1 atom stereocenters. The number of nitrogens with zero attached hydrogens (tertiary/aromatic N) is 3. The quantitative estimate of drug-likeness (QED) is 0.900. The fourth-order valence-corrected chi connectivity index (χ4v) is 3.04. The molecule has 26 heavy (non-hydrogen) atoms. The molecule has 2 heterocycles. The molecule has 0 spiro atoms. The Hall–Kier alpha value is -3.03. The Morgan fingerprint density at radius 2 is 1.88 bits per heavy atom. The van der Waals surface area contributed by atoms with Crippen molar-refractivity contribution in [2.75, 3.05) is 13.1 Å². The molecule has 0 saturated carbocycles. The first-order valence-corrected chi connectivity index (χ1v) is 8.19. The van der Waals surface area contributed by atoms with E-state index >= 15 is 0 Å². The standard InChI is InChI=1S/C18H18FN3O4/c1-18(17(25)26)9-2-10-21(11-18)16(24)14-7-8-15(23)22(20-14)13-5-3-12(19)4-6-13/h3-8H,2,9-11H2,1H3,(H,25,26). The molecule has 0 radical (unpaired) electrons. The maximum atomic E-state index is 13.1. The fraction of sp³-hybridized carbons (Fsp3) is 0.333. The minimum Gasteiger partial charge on any atom is -0.481 e. The van der Waals surface area contributed by atoms with Gasteiger partial charge in [0.1, 0.15) is 11.5 Å². The average molecular weight is 359 g/mol. The number of carboxylic acid groups (broad SMARTS) is 1. The first-order valence-electron chi connectivity index (χ1n) is 8.19. The van der Waals surface area contributed by atoms with Gasteiger partial charge in [0.15, 0.2) is 0 Å². The lowest BCUT2D eigenvalue weighted by Crippen LogP contribution is -2.48. The van der Waals surface area contributed by atoms with E-state index in [0.29, 0.717) is 25.1 Å². The maximum Gasteiger partial charge on any atom is 0.311 e.